The second-order valence-corrected chi connectivity index (χ2v) is 5.74. The molecule has 0 fully saturated rings. The highest BCUT2D eigenvalue weighted by Gasteiger charge is 2.09. The molecule has 0 amide bonds. The highest BCUT2D eigenvalue weighted by Crippen LogP contribution is 2.30. The van der Waals surface area contributed by atoms with Crippen molar-refractivity contribution in [1.29, 1.82) is 0 Å². The molecule has 0 heterocycles. The summed E-state index contributed by atoms with van der Waals surface area (Å²) in [7, 11) is 0. The zero-order valence-electron chi connectivity index (χ0n) is 10.7. The first-order chi connectivity index (χ1) is 8.97. The zero-order valence-corrected chi connectivity index (χ0v) is 12.9. The van der Waals surface area contributed by atoms with Gasteiger partial charge in [0.25, 0.3) is 0 Å². The minimum atomic E-state index is 0.0917. The van der Waals surface area contributed by atoms with Crippen molar-refractivity contribution in [2.24, 2.45) is 0 Å². The standard InChI is InChI=1S/C15H14Cl3N/c1-9-3-5-13(17)15(7-9)19-10(2)11-4-6-12(16)14(18)8-11/h3-8,10,19H,1-2H3. The monoisotopic (exact) mass is 313 g/mol. The van der Waals surface area contributed by atoms with Crippen molar-refractivity contribution in [3.05, 3.63) is 62.6 Å². The number of hydrogen-bond donors (Lipinski definition) is 1. The number of benzene rings is 2. The van der Waals surface area contributed by atoms with Gasteiger partial charge in [0.2, 0.25) is 0 Å². The van der Waals surface area contributed by atoms with Crippen LogP contribution >= 0.6 is 34.8 Å². The molecule has 0 bridgehead atoms. The van der Waals surface area contributed by atoms with Gasteiger partial charge in [0.1, 0.15) is 0 Å². The summed E-state index contributed by atoms with van der Waals surface area (Å²) in [5, 5.41) is 5.21. The van der Waals surface area contributed by atoms with Crippen molar-refractivity contribution in [3.8, 4) is 0 Å². The van der Waals surface area contributed by atoms with Gasteiger partial charge in [-0.05, 0) is 49.2 Å². The van der Waals surface area contributed by atoms with Crippen molar-refractivity contribution >= 4 is 40.5 Å². The number of rotatable bonds is 3. The Morgan fingerprint density at radius 1 is 0.895 bits per heavy atom. The normalized spacial score (nSPS) is 12.3. The maximum absolute atomic E-state index is 6.17. The van der Waals surface area contributed by atoms with Gasteiger partial charge < -0.3 is 5.32 Å². The molecule has 0 saturated heterocycles. The third-order valence-corrected chi connectivity index (χ3v) is 4.01. The van der Waals surface area contributed by atoms with Crippen LogP contribution < -0.4 is 5.32 Å². The Hall–Kier alpha value is -0.890. The first-order valence-electron chi connectivity index (χ1n) is 5.95. The van der Waals surface area contributed by atoms with E-state index in [0.717, 1.165) is 16.8 Å². The van der Waals surface area contributed by atoms with Gasteiger partial charge in [0.05, 0.1) is 20.8 Å². The van der Waals surface area contributed by atoms with Gasteiger partial charge >= 0.3 is 0 Å². The molecule has 0 aliphatic carbocycles. The summed E-state index contributed by atoms with van der Waals surface area (Å²) >= 11 is 18.1. The van der Waals surface area contributed by atoms with Crippen LogP contribution in [-0.4, -0.2) is 0 Å². The van der Waals surface area contributed by atoms with E-state index in [1.807, 2.05) is 37.3 Å². The fraction of sp³-hybridized carbons (Fsp3) is 0.200. The van der Waals surface area contributed by atoms with Gasteiger partial charge in [-0.3, -0.25) is 0 Å². The molecule has 1 N–H and O–H groups in total. The van der Waals surface area contributed by atoms with E-state index in [2.05, 4.69) is 12.2 Å². The van der Waals surface area contributed by atoms with Crippen LogP contribution in [0, 0.1) is 6.92 Å². The van der Waals surface area contributed by atoms with Gasteiger partial charge in [0, 0.05) is 6.04 Å². The molecule has 1 nitrogen and oxygen atoms in total. The molecule has 0 aliphatic rings. The molecule has 0 aromatic heterocycles. The summed E-state index contributed by atoms with van der Waals surface area (Å²) in [6.07, 6.45) is 0. The summed E-state index contributed by atoms with van der Waals surface area (Å²) in [5.74, 6) is 0. The minimum Gasteiger partial charge on any atom is -0.377 e. The first kappa shape index (κ1) is 14.5. The Morgan fingerprint density at radius 3 is 2.26 bits per heavy atom. The molecule has 0 saturated carbocycles. The number of halogens is 3. The van der Waals surface area contributed by atoms with Crippen LogP contribution in [0.15, 0.2) is 36.4 Å². The Bertz CT molecular complexity index is 596. The Kier molecular flexibility index (Phi) is 4.62. The molecule has 19 heavy (non-hydrogen) atoms. The van der Waals surface area contributed by atoms with E-state index in [4.69, 9.17) is 34.8 Å². The van der Waals surface area contributed by atoms with Crippen molar-refractivity contribution in [3.63, 3.8) is 0 Å². The number of aryl methyl sites for hydroxylation is 1. The summed E-state index contributed by atoms with van der Waals surface area (Å²) in [5.41, 5.74) is 3.14. The van der Waals surface area contributed by atoms with Crippen molar-refractivity contribution < 1.29 is 0 Å². The lowest BCUT2D eigenvalue weighted by Gasteiger charge is -2.17. The highest BCUT2D eigenvalue weighted by molar-refractivity contribution is 6.42. The highest BCUT2D eigenvalue weighted by atomic mass is 35.5. The van der Waals surface area contributed by atoms with E-state index in [1.165, 1.54) is 0 Å². The second kappa shape index (κ2) is 6.04. The Labute approximate surface area is 128 Å². The van der Waals surface area contributed by atoms with E-state index < -0.39 is 0 Å². The molecule has 2 aromatic carbocycles. The molecule has 4 heteroatoms. The molecular weight excluding hydrogens is 301 g/mol. The molecular formula is C15H14Cl3N. The van der Waals surface area contributed by atoms with Crippen molar-refractivity contribution in [2.45, 2.75) is 19.9 Å². The van der Waals surface area contributed by atoms with Crippen molar-refractivity contribution in [2.75, 3.05) is 5.32 Å². The smallest absolute Gasteiger partial charge is 0.0637 e. The maximum atomic E-state index is 6.17. The van der Waals surface area contributed by atoms with Gasteiger partial charge in [-0.2, -0.15) is 0 Å². The van der Waals surface area contributed by atoms with E-state index in [9.17, 15) is 0 Å². The number of anilines is 1. The maximum Gasteiger partial charge on any atom is 0.0637 e. The summed E-state index contributed by atoms with van der Waals surface area (Å²) in [6, 6.07) is 11.6. The van der Waals surface area contributed by atoms with Crippen LogP contribution in [0.25, 0.3) is 0 Å². The van der Waals surface area contributed by atoms with Gasteiger partial charge in [0.15, 0.2) is 0 Å². The quantitative estimate of drug-likeness (QED) is 0.718. The predicted octanol–water partition coefficient (Wildman–Crippen LogP) is 6.13. The molecule has 0 aliphatic heterocycles. The second-order valence-electron chi connectivity index (χ2n) is 4.52. The molecule has 1 unspecified atom stereocenters. The molecule has 2 aromatic rings. The first-order valence-corrected chi connectivity index (χ1v) is 7.08. The Morgan fingerprint density at radius 2 is 1.58 bits per heavy atom. The van der Waals surface area contributed by atoms with E-state index in [-0.39, 0.29) is 6.04 Å². The van der Waals surface area contributed by atoms with E-state index >= 15 is 0 Å². The van der Waals surface area contributed by atoms with E-state index in [1.54, 1.807) is 6.07 Å². The summed E-state index contributed by atoms with van der Waals surface area (Å²) in [4.78, 5) is 0. The minimum absolute atomic E-state index is 0.0917. The van der Waals surface area contributed by atoms with E-state index in [0.29, 0.717) is 15.1 Å². The van der Waals surface area contributed by atoms with Gasteiger partial charge in [-0.15, -0.1) is 0 Å². The van der Waals surface area contributed by atoms with Crippen LogP contribution in [0.4, 0.5) is 5.69 Å². The van der Waals surface area contributed by atoms with Gasteiger partial charge in [-0.1, -0.05) is 46.9 Å². The van der Waals surface area contributed by atoms with Crippen LogP contribution in [0.5, 0.6) is 0 Å². The van der Waals surface area contributed by atoms with Crippen LogP contribution in [-0.2, 0) is 0 Å². The molecule has 1 atom stereocenters. The SMILES string of the molecule is Cc1ccc(Cl)c(NC(C)c2ccc(Cl)c(Cl)c2)c1. The Balaban J connectivity index is 2.22. The third kappa shape index (κ3) is 3.56. The molecule has 0 radical (unpaired) electrons. The lowest BCUT2D eigenvalue weighted by Crippen LogP contribution is -2.07. The number of hydrogen-bond acceptors (Lipinski definition) is 1. The van der Waals surface area contributed by atoms with Crippen molar-refractivity contribution in [1.82, 2.24) is 0 Å². The average Bonchev–Trinajstić information content (AvgIpc) is 2.37. The predicted molar refractivity (Wildman–Crippen MR) is 84.7 cm³/mol. The fourth-order valence-electron chi connectivity index (χ4n) is 1.85. The van der Waals surface area contributed by atoms with Crippen LogP contribution in [0.3, 0.4) is 0 Å². The lowest BCUT2D eigenvalue weighted by atomic mass is 10.1. The summed E-state index contributed by atoms with van der Waals surface area (Å²) < 4.78 is 0. The van der Waals surface area contributed by atoms with Crippen LogP contribution in [0.1, 0.15) is 24.1 Å². The zero-order chi connectivity index (χ0) is 14.0. The largest absolute Gasteiger partial charge is 0.377 e. The van der Waals surface area contributed by atoms with Crippen LogP contribution in [0.2, 0.25) is 15.1 Å². The lowest BCUT2D eigenvalue weighted by molar-refractivity contribution is 0.884. The summed E-state index contributed by atoms with van der Waals surface area (Å²) in [6.45, 7) is 4.09. The van der Waals surface area contributed by atoms with Gasteiger partial charge in [-0.25, -0.2) is 0 Å². The molecule has 0 spiro atoms. The average molecular weight is 315 g/mol. The topological polar surface area (TPSA) is 12.0 Å². The molecule has 100 valence electrons. The third-order valence-electron chi connectivity index (χ3n) is 2.94. The number of nitrogens with one attached hydrogen (secondary N) is 1. The fourth-order valence-corrected chi connectivity index (χ4v) is 2.33. The molecule has 2 rings (SSSR count).